The van der Waals surface area contributed by atoms with Crippen molar-refractivity contribution >= 4 is 21.9 Å². The van der Waals surface area contributed by atoms with Crippen molar-refractivity contribution in [3.8, 4) is 0 Å². The number of benzene rings is 1. The third-order valence-electron chi connectivity index (χ3n) is 4.16. The van der Waals surface area contributed by atoms with Crippen LogP contribution < -0.4 is 4.31 Å². The van der Waals surface area contributed by atoms with Gasteiger partial charge in [0.25, 0.3) is 0 Å². The van der Waals surface area contributed by atoms with Gasteiger partial charge < -0.3 is 9.84 Å². The lowest BCUT2D eigenvalue weighted by Crippen LogP contribution is -2.59. The third kappa shape index (κ3) is 2.47. The summed E-state index contributed by atoms with van der Waals surface area (Å²) in [6, 6.07) is 4.60. The number of nitrogens with zero attached hydrogens (tertiary/aromatic N) is 2. The second kappa shape index (κ2) is 5.53. The van der Waals surface area contributed by atoms with E-state index in [0.29, 0.717) is 38.2 Å². The molecule has 1 aromatic rings. The molecule has 1 fully saturated rings. The topological polar surface area (TPSA) is 87.2 Å². The minimum atomic E-state index is -3.58. The summed E-state index contributed by atoms with van der Waals surface area (Å²) < 4.78 is 33.3. The summed E-state index contributed by atoms with van der Waals surface area (Å²) in [5.74, 6) is -1.01. The zero-order valence-electron chi connectivity index (χ0n) is 12.2. The van der Waals surface area contributed by atoms with E-state index in [4.69, 9.17) is 9.84 Å². The molecule has 0 unspecified atom stereocenters. The molecule has 120 valence electrons. The number of aryl methyl sites for hydroxylation is 1. The molecule has 0 atom stereocenters. The van der Waals surface area contributed by atoms with Gasteiger partial charge in [-0.3, -0.25) is 4.31 Å². The summed E-state index contributed by atoms with van der Waals surface area (Å²) in [6.45, 7) is 1.13. The maximum atomic E-state index is 12.7. The highest BCUT2D eigenvalue weighted by molar-refractivity contribution is 7.90. The third-order valence-corrected chi connectivity index (χ3v) is 6.04. The number of anilines is 1. The molecule has 1 saturated heterocycles. The molecular formula is C14H18N2O5S. The Balaban J connectivity index is 1.90. The van der Waals surface area contributed by atoms with Crippen LogP contribution in [0.3, 0.4) is 0 Å². The lowest BCUT2D eigenvalue weighted by atomic mass is 10.0. The predicted octanol–water partition coefficient (Wildman–Crippen LogP) is 0.713. The Morgan fingerprint density at radius 2 is 2.09 bits per heavy atom. The van der Waals surface area contributed by atoms with Crippen LogP contribution in [0.25, 0.3) is 0 Å². The van der Waals surface area contributed by atoms with Gasteiger partial charge in [-0.1, -0.05) is 0 Å². The first kappa shape index (κ1) is 15.3. The maximum absolute atomic E-state index is 12.7. The first-order chi connectivity index (χ1) is 10.4. The van der Waals surface area contributed by atoms with Crippen molar-refractivity contribution in [2.45, 2.75) is 18.9 Å². The van der Waals surface area contributed by atoms with E-state index in [1.807, 2.05) is 0 Å². The minimum Gasteiger partial charge on any atom is -0.478 e. The Morgan fingerprint density at radius 3 is 2.73 bits per heavy atom. The SMILES string of the molecule is COC1CN(S(=O)(=O)N2CCCc3cc(C(=O)O)ccc32)C1. The van der Waals surface area contributed by atoms with Crippen LogP contribution >= 0.6 is 0 Å². The molecule has 7 nitrogen and oxygen atoms in total. The fraction of sp³-hybridized carbons (Fsp3) is 0.500. The van der Waals surface area contributed by atoms with Crippen LogP contribution in [0.2, 0.25) is 0 Å². The molecule has 0 spiro atoms. The average molecular weight is 326 g/mol. The van der Waals surface area contributed by atoms with Crippen molar-refractivity contribution < 1.29 is 23.1 Å². The highest BCUT2D eigenvalue weighted by Gasteiger charge is 2.40. The van der Waals surface area contributed by atoms with Crippen LogP contribution in [-0.2, 0) is 21.4 Å². The number of carboxylic acids is 1. The van der Waals surface area contributed by atoms with Crippen molar-refractivity contribution in [3.05, 3.63) is 29.3 Å². The molecule has 22 heavy (non-hydrogen) atoms. The maximum Gasteiger partial charge on any atom is 0.335 e. The van der Waals surface area contributed by atoms with Crippen molar-refractivity contribution in [1.29, 1.82) is 0 Å². The van der Waals surface area contributed by atoms with E-state index in [1.54, 1.807) is 19.2 Å². The lowest BCUT2D eigenvalue weighted by Gasteiger charge is -2.41. The van der Waals surface area contributed by atoms with Crippen LogP contribution in [0.5, 0.6) is 0 Å². The Labute approximate surface area is 129 Å². The van der Waals surface area contributed by atoms with E-state index < -0.39 is 16.2 Å². The molecule has 0 aliphatic carbocycles. The normalized spacial score (nSPS) is 19.6. The van der Waals surface area contributed by atoms with Gasteiger partial charge in [-0.25, -0.2) is 4.79 Å². The summed E-state index contributed by atoms with van der Waals surface area (Å²) in [6.07, 6.45) is 1.31. The zero-order valence-corrected chi connectivity index (χ0v) is 13.0. The van der Waals surface area contributed by atoms with Crippen LogP contribution in [0.1, 0.15) is 22.3 Å². The molecule has 2 heterocycles. The number of methoxy groups -OCH3 is 1. The van der Waals surface area contributed by atoms with Crippen LogP contribution in [0.15, 0.2) is 18.2 Å². The molecule has 0 radical (unpaired) electrons. The Kier molecular flexibility index (Phi) is 3.84. The predicted molar refractivity (Wildman–Crippen MR) is 80.4 cm³/mol. The molecule has 1 aromatic carbocycles. The van der Waals surface area contributed by atoms with Gasteiger partial charge in [0.15, 0.2) is 0 Å². The second-order valence-electron chi connectivity index (χ2n) is 5.51. The molecule has 8 heteroatoms. The van der Waals surface area contributed by atoms with Gasteiger partial charge in [0, 0.05) is 26.7 Å². The average Bonchev–Trinajstić information content (AvgIpc) is 2.44. The summed E-state index contributed by atoms with van der Waals surface area (Å²) in [4.78, 5) is 11.0. The van der Waals surface area contributed by atoms with E-state index >= 15 is 0 Å². The summed E-state index contributed by atoms with van der Waals surface area (Å²) in [5.41, 5.74) is 1.53. The van der Waals surface area contributed by atoms with E-state index in [0.717, 1.165) is 5.56 Å². The van der Waals surface area contributed by atoms with Gasteiger partial charge in [0.2, 0.25) is 0 Å². The molecule has 3 rings (SSSR count). The van der Waals surface area contributed by atoms with Gasteiger partial charge in [0.1, 0.15) is 0 Å². The Morgan fingerprint density at radius 1 is 1.36 bits per heavy atom. The molecule has 1 N–H and O–H groups in total. The van der Waals surface area contributed by atoms with Gasteiger partial charge in [-0.15, -0.1) is 0 Å². The monoisotopic (exact) mass is 326 g/mol. The molecule has 0 amide bonds. The van der Waals surface area contributed by atoms with E-state index in [1.165, 1.54) is 14.7 Å². The zero-order chi connectivity index (χ0) is 15.9. The lowest BCUT2D eigenvalue weighted by molar-refractivity contribution is 0.0123. The van der Waals surface area contributed by atoms with Crippen LogP contribution in [-0.4, -0.2) is 56.6 Å². The quantitative estimate of drug-likeness (QED) is 0.880. The number of hydrogen-bond acceptors (Lipinski definition) is 4. The van der Waals surface area contributed by atoms with Crippen LogP contribution in [0, 0.1) is 0 Å². The Bertz CT molecular complexity index is 697. The molecular weight excluding hydrogens is 308 g/mol. The van der Waals surface area contributed by atoms with Crippen molar-refractivity contribution in [2.24, 2.45) is 0 Å². The summed E-state index contributed by atoms with van der Waals surface area (Å²) in [7, 11) is -2.01. The molecule has 0 saturated carbocycles. The number of carbonyl (C=O) groups is 1. The highest BCUT2D eigenvalue weighted by Crippen LogP contribution is 2.32. The van der Waals surface area contributed by atoms with Gasteiger partial charge >= 0.3 is 16.2 Å². The second-order valence-corrected chi connectivity index (χ2v) is 7.36. The first-order valence-corrected chi connectivity index (χ1v) is 8.50. The number of fused-ring (bicyclic) bond motifs is 1. The summed E-state index contributed by atoms with van der Waals surface area (Å²) in [5, 5.41) is 9.05. The van der Waals surface area contributed by atoms with Crippen molar-refractivity contribution in [3.63, 3.8) is 0 Å². The minimum absolute atomic E-state index is 0.0478. The number of rotatable bonds is 4. The number of aromatic carboxylic acids is 1. The fourth-order valence-corrected chi connectivity index (χ4v) is 4.59. The van der Waals surface area contributed by atoms with E-state index in [-0.39, 0.29) is 11.7 Å². The van der Waals surface area contributed by atoms with Gasteiger partial charge in [-0.05, 0) is 36.6 Å². The van der Waals surface area contributed by atoms with Crippen molar-refractivity contribution in [2.75, 3.05) is 31.0 Å². The molecule has 0 aromatic heterocycles. The van der Waals surface area contributed by atoms with E-state index in [2.05, 4.69) is 0 Å². The molecule has 2 aliphatic heterocycles. The largest absolute Gasteiger partial charge is 0.478 e. The first-order valence-electron chi connectivity index (χ1n) is 7.10. The van der Waals surface area contributed by atoms with E-state index in [9.17, 15) is 13.2 Å². The fourth-order valence-electron chi connectivity index (χ4n) is 2.81. The van der Waals surface area contributed by atoms with Crippen molar-refractivity contribution in [1.82, 2.24) is 4.31 Å². The summed E-state index contributed by atoms with van der Waals surface area (Å²) >= 11 is 0. The number of ether oxygens (including phenoxy) is 1. The number of carboxylic acid groups (broad SMARTS) is 1. The van der Waals surface area contributed by atoms with Crippen LogP contribution in [0.4, 0.5) is 5.69 Å². The highest BCUT2D eigenvalue weighted by atomic mass is 32.2. The van der Waals surface area contributed by atoms with Gasteiger partial charge in [-0.2, -0.15) is 12.7 Å². The molecule has 2 aliphatic rings. The smallest absolute Gasteiger partial charge is 0.335 e. The molecule has 0 bridgehead atoms. The standard InChI is InChI=1S/C14H18N2O5S/c1-21-12-8-15(9-12)22(19,20)16-6-2-3-10-7-11(14(17)18)4-5-13(10)16/h4-5,7,12H,2-3,6,8-9H2,1H3,(H,17,18). The Hall–Kier alpha value is -1.64. The number of hydrogen-bond donors (Lipinski definition) is 1. The van der Waals surface area contributed by atoms with Gasteiger partial charge in [0.05, 0.1) is 17.4 Å².